The van der Waals surface area contributed by atoms with E-state index in [-0.39, 0.29) is 18.3 Å². The van der Waals surface area contributed by atoms with Crippen LogP contribution in [-0.4, -0.2) is 40.1 Å². The molecular weight excluding hydrogens is 389 g/mol. The van der Waals surface area contributed by atoms with Crippen LogP contribution < -0.4 is 5.32 Å². The summed E-state index contributed by atoms with van der Waals surface area (Å²) >= 11 is 0. The number of alkyl halides is 3. The zero-order valence-electron chi connectivity index (χ0n) is 15.6. The van der Waals surface area contributed by atoms with E-state index in [4.69, 9.17) is 9.47 Å². The molecule has 0 bridgehead atoms. The summed E-state index contributed by atoms with van der Waals surface area (Å²) in [5.41, 5.74) is 0.473. The fourth-order valence-corrected chi connectivity index (χ4v) is 3.54. The Hall–Kier alpha value is -2.88. The molecule has 154 valence electrons. The average Bonchev–Trinajstić information content (AvgIpc) is 3.36. The number of carbonyl (C=O) groups is 1. The third-order valence-electron chi connectivity index (χ3n) is 4.99. The van der Waals surface area contributed by atoms with E-state index < -0.39 is 23.8 Å². The van der Waals surface area contributed by atoms with Gasteiger partial charge in [-0.1, -0.05) is 12.1 Å². The molecule has 2 aliphatic heterocycles. The molecule has 0 aliphatic carbocycles. The van der Waals surface area contributed by atoms with Crippen LogP contribution in [0.2, 0.25) is 0 Å². The number of benzene rings is 1. The molecule has 3 heterocycles. The standard InChI is InChI=1S/C19H19F3N4O3/c1-11-15(17(27)29-9-14-3-2-8-28-14)16(26-18(25-11)23-10-24-26)12-4-6-13(7-5-12)19(20,21)22/h4-7,10,14,16H,2-3,8-9H2,1H3,(H,23,24,25)/t14-,16-/m0/s1. The number of halogens is 3. The molecule has 10 heteroatoms. The third-order valence-corrected chi connectivity index (χ3v) is 4.99. The van der Waals surface area contributed by atoms with Crippen LogP contribution in [0.4, 0.5) is 19.1 Å². The van der Waals surface area contributed by atoms with Crippen molar-refractivity contribution in [3.63, 3.8) is 0 Å². The van der Waals surface area contributed by atoms with E-state index in [0.29, 0.717) is 23.8 Å². The molecule has 1 aromatic carbocycles. The number of nitrogens with one attached hydrogen (secondary N) is 1. The van der Waals surface area contributed by atoms with E-state index in [0.717, 1.165) is 25.0 Å². The van der Waals surface area contributed by atoms with Gasteiger partial charge in [-0.25, -0.2) is 9.48 Å². The van der Waals surface area contributed by atoms with Crippen LogP contribution in [0.3, 0.4) is 0 Å². The Kier molecular flexibility index (Phi) is 5.03. The fourth-order valence-electron chi connectivity index (χ4n) is 3.54. The van der Waals surface area contributed by atoms with Gasteiger partial charge in [-0.2, -0.15) is 23.3 Å². The SMILES string of the molecule is CC1=C(C(=O)OC[C@@H]2CCCO2)[C@H](c2ccc(C(F)(F)F)cc2)n2ncnc2N1. The quantitative estimate of drug-likeness (QED) is 0.783. The minimum absolute atomic E-state index is 0.125. The van der Waals surface area contributed by atoms with Crippen molar-refractivity contribution in [2.75, 3.05) is 18.5 Å². The van der Waals surface area contributed by atoms with E-state index in [1.165, 1.54) is 23.1 Å². The van der Waals surface area contributed by atoms with Gasteiger partial charge in [0, 0.05) is 12.3 Å². The van der Waals surface area contributed by atoms with Crippen LogP contribution in [-0.2, 0) is 20.4 Å². The minimum Gasteiger partial charge on any atom is -0.459 e. The average molecular weight is 408 g/mol. The third kappa shape index (κ3) is 3.84. The number of fused-ring (bicyclic) bond motifs is 1. The predicted octanol–water partition coefficient (Wildman–Crippen LogP) is 3.31. The van der Waals surface area contributed by atoms with Crippen LogP contribution in [0, 0.1) is 0 Å². The molecule has 1 saturated heterocycles. The van der Waals surface area contributed by atoms with Crippen molar-refractivity contribution in [3.8, 4) is 0 Å². The van der Waals surface area contributed by atoms with Gasteiger partial charge in [-0.3, -0.25) is 0 Å². The first kappa shape index (κ1) is 19.4. The molecular formula is C19H19F3N4O3. The molecule has 2 aromatic rings. The molecule has 1 N–H and O–H groups in total. The highest BCUT2D eigenvalue weighted by Gasteiger charge is 2.36. The highest BCUT2D eigenvalue weighted by Crippen LogP contribution is 2.37. The second kappa shape index (κ2) is 7.51. The first-order chi connectivity index (χ1) is 13.8. The van der Waals surface area contributed by atoms with Crippen LogP contribution in [0.15, 0.2) is 41.9 Å². The summed E-state index contributed by atoms with van der Waals surface area (Å²) in [7, 11) is 0. The monoisotopic (exact) mass is 408 g/mol. The largest absolute Gasteiger partial charge is 0.459 e. The summed E-state index contributed by atoms with van der Waals surface area (Å²) in [5, 5.41) is 7.14. The highest BCUT2D eigenvalue weighted by atomic mass is 19.4. The number of hydrogen-bond donors (Lipinski definition) is 1. The van der Waals surface area contributed by atoms with Crippen molar-refractivity contribution >= 4 is 11.9 Å². The van der Waals surface area contributed by atoms with E-state index in [9.17, 15) is 18.0 Å². The molecule has 29 heavy (non-hydrogen) atoms. The maximum atomic E-state index is 12.9. The molecule has 2 atom stereocenters. The molecule has 2 aliphatic rings. The van der Waals surface area contributed by atoms with Crippen molar-refractivity contribution in [1.29, 1.82) is 0 Å². The molecule has 4 rings (SSSR count). The van der Waals surface area contributed by atoms with Gasteiger partial charge in [0.05, 0.1) is 17.2 Å². The van der Waals surface area contributed by atoms with Crippen molar-refractivity contribution < 1.29 is 27.4 Å². The number of ether oxygens (including phenoxy) is 2. The maximum Gasteiger partial charge on any atom is 0.416 e. The fraction of sp³-hybridized carbons (Fsp3) is 0.421. The number of hydrogen-bond acceptors (Lipinski definition) is 6. The van der Waals surface area contributed by atoms with E-state index in [1.807, 2.05) is 0 Å². The minimum atomic E-state index is -4.44. The normalized spacial score (nSPS) is 21.7. The summed E-state index contributed by atoms with van der Waals surface area (Å²) < 4.78 is 51.2. The summed E-state index contributed by atoms with van der Waals surface area (Å²) in [4.78, 5) is 17.0. The summed E-state index contributed by atoms with van der Waals surface area (Å²) in [6.07, 6.45) is -1.53. The van der Waals surface area contributed by atoms with Gasteiger partial charge < -0.3 is 14.8 Å². The van der Waals surface area contributed by atoms with Crippen LogP contribution in [0.5, 0.6) is 0 Å². The lowest BCUT2D eigenvalue weighted by Gasteiger charge is -2.28. The Labute approximate surface area is 164 Å². The molecule has 0 radical (unpaired) electrons. The number of allylic oxidation sites excluding steroid dienone is 1. The number of rotatable bonds is 4. The number of aromatic nitrogens is 3. The van der Waals surface area contributed by atoms with Crippen molar-refractivity contribution in [3.05, 3.63) is 53.0 Å². The van der Waals surface area contributed by atoms with Gasteiger partial charge in [0.25, 0.3) is 0 Å². The second-order valence-electron chi connectivity index (χ2n) is 6.95. The van der Waals surface area contributed by atoms with E-state index in [1.54, 1.807) is 6.92 Å². The van der Waals surface area contributed by atoms with Gasteiger partial charge in [0.2, 0.25) is 5.95 Å². The number of esters is 1. The van der Waals surface area contributed by atoms with Crippen LogP contribution in [0.25, 0.3) is 0 Å². The topological polar surface area (TPSA) is 78.3 Å². The van der Waals surface area contributed by atoms with Crippen LogP contribution >= 0.6 is 0 Å². The number of nitrogens with zero attached hydrogens (tertiary/aromatic N) is 3. The molecule has 1 aromatic heterocycles. The van der Waals surface area contributed by atoms with E-state index >= 15 is 0 Å². The summed E-state index contributed by atoms with van der Waals surface area (Å²) in [6.45, 7) is 2.46. The molecule has 0 spiro atoms. The van der Waals surface area contributed by atoms with Gasteiger partial charge in [-0.15, -0.1) is 0 Å². The first-order valence-electron chi connectivity index (χ1n) is 9.18. The lowest BCUT2D eigenvalue weighted by atomic mass is 9.95. The summed E-state index contributed by atoms with van der Waals surface area (Å²) in [6, 6.07) is 3.89. The Balaban J connectivity index is 1.65. The van der Waals surface area contributed by atoms with Crippen LogP contribution in [0.1, 0.15) is 36.9 Å². The van der Waals surface area contributed by atoms with Gasteiger partial charge in [-0.05, 0) is 37.5 Å². The molecule has 0 unspecified atom stereocenters. The number of carbonyl (C=O) groups excluding carboxylic acids is 1. The predicted molar refractivity (Wildman–Crippen MR) is 95.9 cm³/mol. The molecule has 0 amide bonds. The van der Waals surface area contributed by atoms with Gasteiger partial charge in [0.1, 0.15) is 19.0 Å². The Morgan fingerprint density at radius 1 is 1.34 bits per heavy atom. The van der Waals surface area contributed by atoms with E-state index in [2.05, 4.69) is 15.4 Å². The van der Waals surface area contributed by atoms with Gasteiger partial charge in [0.15, 0.2) is 0 Å². The highest BCUT2D eigenvalue weighted by molar-refractivity contribution is 5.92. The lowest BCUT2D eigenvalue weighted by Crippen LogP contribution is -2.31. The molecule has 7 nitrogen and oxygen atoms in total. The lowest BCUT2D eigenvalue weighted by molar-refractivity contribution is -0.143. The van der Waals surface area contributed by atoms with Crippen molar-refractivity contribution in [2.24, 2.45) is 0 Å². The zero-order valence-corrected chi connectivity index (χ0v) is 15.6. The zero-order chi connectivity index (χ0) is 20.6. The molecule has 0 saturated carbocycles. The maximum absolute atomic E-state index is 12.9. The Bertz CT molecular complexity index is 931. The van der Waals surface area contributed by atoms with Crippen molar-refractivity contribution in [1.82, 2.24) is 14.8 Å². The Morgan fingerprint density at radius 2 is 2.10 bits per heavy atom. The second-order valence-corrected chi connectivity index (χ2v) is 6.95. The number of anilines is 1. The molecule has 1 fully saturated rings. The summed E-state index contributed by atoms with van der Waals surface area (Å²) in [5.74, 6) is -0.181. The van der Waals surface area contributed by atoms with Crippen molar-refractivity contribution in [2.45, 2.75) is 38.1 Å². The first-order valence-corrected chi connectivity index (χ1v) is 9.18. The smallest absolute Gasteiger partial charge is 0.416 e. The Morgan fingerprint density at radius 3 is 2.76 bits per heavy atom. The van der Waals surface area contributed by atoms with Gasteiger partial charge >= 0.3 is 12.1 Å².